The van der Waals surface area contributed by atoms with Crippen molar-refractivity contribution in [1.82, 2.24) is 0 Å². The van der Waals surface area contributed by atoms with Crippen molar-refractivity contribution in [2.45, 2.75) is 0 Å². The smallest absolute Gasteiger partial charge is 0.265 e. The fourth-order valence-corrected chi connectivity index (χ4v) is 3.36. The highest BCUT2D eigenvalue weighted by molar-refractivity contribution is 9.10. The lowest BCUT2D eigenvalue weighted by Gasteiger charge is -2.29. The van der Waals surface area contributed by atoms with Gasteiger partial charge in [-0.05, 0) is 29.7 Å². The number of carbonyl (C=O) groups is 2. The molecule has 1 N–H and O–H groups in total. The summed E-state index contributed by atoms with van der Waals surface area (Å²) in [5, 5.41) is 4.92. The van der Waals surface area contributed by atoms with Crippen LogP contribution < -0.4 is 15.0 Å². The highest BCUT2D eigenvalue weighted by atomic mass is 79.9. The Morgan fingerprint density at radius 1 is 1.12 bits per heavy atom. The Labute approximate surface area is 158 Å². The summed E-state index contributed by atoms with van der Waals surface area (Å²) < 4.78 is 6.30. The Bertz CT molecular complexity index is 1010. The van der Waals surface area contributed by atoms with Crippen molar-refractivity contribution in [2.24, 2.45) is 0 Å². The van der Waals surface area contributed by atoms with Gasteiger partial charge in [-0.15, -0.1) is 0 Å². The number of nitrogens with one attached hydrogen (secondary N) is 1. The fraction of sp³-hybridized carbons (Fsp3) is 0.100. The minimum atomic E-state index is -0.259. The first-order valence-corrected chi connectivity index (χ1v) is 8.91. The highest BCUT2D eigenvalue weighted by Crippen LogP contribution is 2.34. The molecule has 0 aromatic heterocycles. The summed E-state index contributed by atoms with van der Waals surface area (Å²) in [5.41, 5.74) is 1.32. The van der Waals surface area contributed by atoms with E-state index in [0.29, 0.717) is 11.4 Å². The van der Waals surface area contributed by atoms with Crippen LogP contribution in [-0.2, 0) is 9.59 Å². The Kier molecular flexibility index (Phi) is 4.34. The van der Waals surface area contributed by atoms with Gasteiger partial charge < -0.3 is 10.1 Å². The predicted octanol–water partition coefficient (Wildman–Crippen LogP) is 3.97. The topological polar surface area (TPSA) is 58.6 Å². The minimum absolute atomic E-state index is 0.0694. The van der Waals surface area contributed by atoms with Crippen molar-refractivity contribution in [2.75, 3.05) is 23.4 Å². The zero-order valence-corrected chi connectivity index (χ0v) is 15.3. The normalized spacial score (nSPS) is 13.3. The molecule has 130 valence electrons. The summed E-state index contributed by atoms with van der Waals surface area (Å²) in [6.45, 7) is -0.148. The van der Waals surface area contributed by atoms with Crippen molar-refractivity contribution in [3.63, 3.8) is 0 Å². The van der Waals surface area contributed by atoms with E-state index in [1.54, 1.807) is 12.1 Å². The van der Waals surface area contributed by atoms with Crippen LogP contribution in [0.5, 0.6) is 5.75 Å². The van der Waals surface area contributed by atoms with Gasteiger partial charge >= 0.3 is 0 Å². The number of hydrogen-bond donors (Lipinski definition) is 1. The number of hydrogen-bond acceptors (Lipinski definition) is 3. The molecule has 0 radical (unpaired) electrons. The molecule has 4 rings (SSSR count). The van der Waals surface area contributed by atoms with Gasteiger partial charge in [-0.25, -0.2) is 0 Å². The third-order valence-corrected chi connectivity index (χ3v) is 4.72. The highest BCUT2D eigenvalue weighted by Gasteiger charge is 2.27. The second-order valence-corrected chi connectivity index (χ2v) is 6.87. The van der Waals surface area contributed by atoms with Crippen molar-refractivity contribution in [1.29, 1.82) is 0 Å². The van der Waals surface area contributed by atoms with Crippen LogP contribution >= 0.6 is 15.9 Å². The first-order valence-electron chi connectivity index (χ1n) is 8.12. The first-order chi connectivity index (χ1) is 12.6. The number of benzene rings is 3. The second kappa shape index (κ2) is 6.80. The van der Waals surface area contributed by atoms with Gasteiger partial charge in [-0.1, -0.05) is 52.3 Å². The molecule has 0 aliphatic carbocycles. The van der Waals surface area contributed by atoms with E-state index in [4.69, 9.17) is 4.74 Å². The van der Waals surface area contributed by atoms with Crippen molar-refractivity contribution < 1.29 is 14.3 Å². The Balaban J connectivity index is 1.58. The third-order valence-electron chi connectivity index (χ3n) is 4.23. The molecular formula is C20H15BrN2O3. The molecule has 6 heteroatoms. The number of fused-ring (bicyclic) bond motifs is 2. The van der Waals surface area contributed by atoms with E-state index in [0.717, 1.165) is 20.9 Å². The van der Waals surface area contributed by atoms with Crippen molar-refractivity contribution in [3.05, 3.63) is 65.1 Å². The molecule has 0 spiro atoms. The number of amides is 2. The van der Waals surface area contributed by atoms with E-state index in [1.165, 1.54) is 4.90 Å². The molecule has 5 nitrogen and oxygen atoms in total. The Hall–Kier alpha value is -2.86. The van der Waals surface area contributed by atoms with Crippen molar-refractivity contribution >= 4 is 49.9 Å². The molecule has 0 saturated carbocycles. The predicted molar refractivity (Wildman–Crippen MR) is 105 cm³/mol. The number of ether oxygens (including phenoxy) is 1. The molecule has 26 heavy (non-hydrogen) atoms. The molecule has 0 unspecified atom stereocenters. The molecule has 1 aliphatic rings. The van der Waals surface area contributed by atoms with E-state index in [-0.39, 0.29) is 25.0 Å². The molecule has 0 atom stereocenters. The first kappa shape index (κ1) is 16.6. The summed E-state index contributed by atoms with van der Waals surface area (Å²) >= 11 is 3.38. The number of nitrogens with zero attached hydrogens (tertiary/aromatic N) is 1. The maximum Gasteiger partial charge on any atom is 0.265 e. The summed E-state index contributed by atoms with van der Waals surface area (Å²) in [6, 6.07) is 18.9. The molecular weight excluding hydrogens is 396 g/mol. The van der Waals surface area contributed by atoms with Crippen molar-refractivity contribution in [3.8, 4) is 5.75 Å². The van der Waals surface area contributed by atoms with E-state index in [1.807, 2.05) is 48.5 Å². The zero-order chi connectivity index (χ0) is 18.1. The van der Waals surface area contributed by atoms with Crippen LogP contribution in [0.2, 0.25) is 0 Å². The lowest BCUT2D eigenvalue weighted by Crippen LogP contribution is -2.43. The van der Waals surface area contributed by atoms with E-state index < -0.39 is 0 Å². The van der Waals surface area contributed by atoms with Crippen LogP contribution in [0.15, 0.2) is 65.1 Å². The van der Waals surface area contributed by atoms with Gasteiger partial charge in [0.15, 0.2) is 6.61 Å². The molecule has 3 aromatic carbocycles. The van der Waals surface area contributed by atoms with Crippen LogP contribution in [0.25, 0.3) is 10.8 Å². The van der Waals surface area contributed by atoms with Gasteiger partial charge in [-0.2, -0.15) is 0 Å². The third kappa shape index (κ3) is 3.15. The maximum absolute atomic E-state index is 12.6. The molecule has 1 aliphatic heterocycles. The van der Waals surface area contributed by atoms with E-state index in [2.05, 4.69) is 21.2 Å². The van der Waals surface area contributed by atoms with Crippen LogP contribution in [0.4, 0.5) is 11.4 Å². The SMILES string of the molecule is O=C(CN1C(=O)COc2cc(Br)ccc21)Nc1cccc2ccccc12. The average Bonchev–Trinajstić information content (AvgIpc) is 2.64. The lowest BCUT2D eigenvalue weighted by molar-refractivity contribution is -0.123. The van der Waals surface area contributed by atoms with E-state index >= 15 is 0 Å². The van der Waals surface area contributed by atoms with Crippen LogP contribution in [0, 0.1) is 0 Å². The van der Waals surface area contributed by atoms with Crippen LogP contribution in [0.3, 0.4) is 0 Å². The number of carbonyl (C=O) groups excluding carboxylic acids is 2. The molecule has 1 heterocycles. The maximum atomic E-state index is 12.6. The number of halogens is 1. The van der Waals surface area contributed by atoms with Gasteiger partial charge in [0.05, 0.1) is 5.69 Å². The summed E-state index contributed by atoms with van der Waals surface area (Å²) in [4.78, 5) is 26.3. The van der Waals surface area contributed by atoms with Crippen LogP contribution in [0.1, 0.15) is 0 Å². The van der Waals surface area contributed by atoms with Gasteiger partial charge in [-0.3, -0.25) is 14.5 Å². The number of anilines is 2. The fourth-order valence-electron chi connectivity index (χ4n) is 3.02. The Morgan fingerprint density at radius 2 is 1.92 bits per heavy atom. The number of rotatable bonds is 3. The summed E-state index contributed by atoms with van der Waals surface area (Å²) in [6.07, 6.45) is 0. The lowest BCUT2D eigenvalue weighted by atomic mass is 10.1. The van der Waals surface area contributed by atoms with Gasteiger partial charge in [0, 0.05) is 15.5 Å². The van der Waals surface area contributed by atoms with Gasteiger partial charge in [0.2, 0.25) is 5.91 Å². The average molecular weight is 411 g/mol. The van der Waals surface area contributed by atoms with E-state index in [9.17, 15) is 9.59 Å². The quantitative estimate of drug-likeness (QED) is 0.710. The van der Waals surface area contributed by atoms with Gasteiger partial charge in [0.25, 0.3) is 5.91 Å². The molecule has 0 fully saturated rings. The second-order valence-electron chi connectivity index (χ2n) is 5.96. The summed E-state index contributed by atoms with van der Waals surface area (Å²) in [5.74, 6) is 0.0790. The molecule has 3 aromatic rings. The monoisotopic (exact) mass is 410 g/mol. The molecule has 2 amide bonds. The standard InChI is InChI=1S/C20H15BrN2O3/c21-14-8-9-17-18(10-14)26-12-20(25)23(17)11-19(24)22-16-7-3-5-13-4-1-2-6-15(13)16/h1-10H,11-12H2,(H,22,24). The molecule has 0 saturated heterocycles. The zero-order valence-electron chi connectivity index (χ0n) is 13.7. The minimum Gasteiger partial charge on any atom is -0.482 e. The molecule has 0 bridgehead atoms. The summed E-state index contributed by atoms with van der Waals surface area (Å²) in [7, 11) is 0. The van der Waals surface area contributed by atoms with Gasteiger partial charge in [0.1, 0.15) is 12.3 Å². The Morgan fingerprint density at radius 3 is 2.81 bits per heavy atom. The largest absolute Gasteiger partial charge is 0.482 e. The van der Waals surface area contributed by atoms with Crippen LogP contribution in [-0.4, -0.2) is 25.0 Å².